The van der Waals surface area contributed by atoms with Gasteiger partial charge in [-0.25, -0.2) is 0 Å². The smallest absolute Gasteiger partial charge is 0.268 e. The summed E-state index contributed by atoms with van der Waals surface area (Å²) in [6.07, 6.45) is 0. The van der Waals surface area contributed by atoms with Gasteiger partial charge >= 0.3 is 0 Å². The highest BCUT2D eigenvalue weighted by atomic mass is 16.5. The lowest BCUT2D eigenvalue weighted by atomic mass is 10.1. The highest BCUT2D eigenvalue weighted by molar-refractivity contribution is 6.01. The molecular formula is C20H22N2O3. The molecule has 3 aromatic rings. The number of nitrogens with one attached hydrogen (secondary N) is 2. The fourth-order valence-corrected chi connectivity index (χ4v) is 2.76. The van der Waals surface area contributed by atoms with E-state index in [9.17, 15) is 4.79 Å². The summed E-state index contributed by atoms with van der Waals surface area (Å²) in [5.41, 5.74) is 3.72. The standard InChI is InChI=1S/C20H22N2O3/c1-13-4-9-18-17(12-13)14(2)19(22-18)20(23)21-10-11-25-16-7-5-15(24-3)6-8-16/h4-9,12,22H,10-11H2,1-3H3,(H,21,23). The maximum absolute atomic E-state index is 12.4. The van der Waals surface area contributed by atoms with Crippen molar-refractivity contribution in [2.45, 2.75) is 13.8 Å². The third-order valence-electron chi connectivity index (χ3n) is 4.16. The molecule has 25 heavy (non-hydrogen) atoms. The van der Waals surface area contributed by atoms with Gasteiger partial charge in [0.2, 0.25) is 0 Å². The number of carbonyl (C=O) groups is 1. The second-order valence-electron chi connectivity index (χ2n) is 5.95. The summed E-state index contributed by atoms with van der Waals surface area (Å²) < 4.78 is 10.7. The van der Waals surface area contributed by atoms with Crippen LogP contribution in [0.25, 0.3) is 10.9 Å². The zero-order valence-electron chi connectivity index (χ0n) is 14.7. The molecule has 2 aromatic carbocycles. The Morgan fingerprint density at radius 1 is 1.08 bits per heavy atom. The number of amides is 1. The van der Waals surface area contributed by atoms with Gasteiger partial charge in [0.25, 0.3) is 5.91 Å². The van der Waals surface area contributed by atoms with E-state index in [4.69, 9.17) is 9.47 Å². The number of carbonyl (C=O) groups excluding carboxylic acids is 1. The van der Waals surface area contributed by atoms with Crippen LogP contribution in [0.5, 0.6) is 11.5 Å². The Morgan fingerprint density at radius 2 is 1.80 bits per heavy atom. The van der Waals surface area contributed by atoms with E-state index >= 15 is 0 Å². The van der Waals surface area contributed by atoms with Crippen molar-refractivity contribution >= 4 is 16.8 Å². The lowest BCUT2D eigenvalue weighted by Crippen LogP contribution is -2.28. The predicted molar refractivity (Wildman–Crippen MR) is 98.6 cm³/mol. The summed E-state index contributed by atoms with van der Waals surface area (Å²) in [5.74, 6) is 1.40. The highest BCUT2D eigenvalue weighted by Crippen LogP contribution is 2.22. The van der Waals surface area contributed by atoms with Crippen molar-refractivity contribution in [1.82, 2.24) is 10.3 Å². The number of hydrogen-bond donors (Lipinski definition) is 2. The molecule has 1 aromatic heterocycles. The molecule has 130 valence electrons. The van der Waals surface area contributed by atoms with Crippen molar-refractivity contribution in [1.29, 1.82) is 0 Å². The van der Waals surface area contributed by atoms with Crippen LogP contribution in [0, 0.1) is 13.8 Å². The molecule has 0 saturated heterocycles. The van der Waals surface area contributed by atoms with Crippen molar-refractivity contribution in [2.24, 2.45) is 0 Å². The van der Waals surface area contributed by atoms with Crippen LogP contribution in [0.1, 0.15) is 21.6 Å². The number of ether oxygens (including phenoxy) is 2. The molecule has 0 bridgehead atoms. The Hall–Kier alpha value is -2.95. The molecule has 0 radical (unpaired) electrons. The Kier molecular flexibility index (Phi) is 4.93. The molecule has 1 amide bonds. The van der Waals surface area contributed by atoms with E-state index < -0.39 is 0 Å². The first kappa shape index (κ1) is 16.9. The van der Waals surface area contributed by atoms with Gasteiger partial charge in [-0.05, 0) is 55.8 Å². The molecule has 0 aliphatic heterocycles. The molecule has 1 heterocycles. The van der Waals surface area contributed by atoms with Crippen molar-refractivity contribution in [2.75, 3.05) is 20.3 Å². The van der Waals surface area contributed by atoms with Gasteiger partial charge in [-0.1, -0.05) is 11.6 Å². The number of rotatable bonds is 6. The third-order valence-corrected chi connectivity index (χ3v) is 4.16. The molecule has 0 unspecified atom stereocenters. The first-order chi connectivity index (χ1) is 12.1. The van der Waals surface area contributed by atoms with Gasteiger partial charge in [0.05, 0.1) is 13.7 Å². The summed E-state index contributed by atoms with van der Waals surface area (Å²) >= 11 is 0. The van der Waals surface area contributed by atoms with Crippen molar-refractivity contribution in [3.05, 3.63) is 59.3 Å². The molecule has 0 aliphatic rings. The monoisotopic (exact) mass is 338 g/mol. The first-order valence-corrected chi connectivity index (χ1v) is 8.22. The minimum absolute atomic E-state index is 0.121. The number of aromatic amines is 1. The summed E-state index contributed by atoms with van der Waals surface area (Å²) in [5, 5.41) is 3.97. The van der Waals surface area contributed by atoms with Gasteiger partial charge in [-0.2, -0.15) is 0 Å². The summed E-state index contributed by atoms with van der Waals surface area (Å²) in [7, 11) is 1.62. The van der Waals surface area contributed by atoms with Crippen molar-refractivity contribution in [3.8, 4) is 11.5 Å². The van der Waals surface area contributed by atoms with Crippen LogP contribution in [0.4, 0.5) is 0 Å². The Bertz CT molecular complexity index is 882. The summed E-state index contributed by atoms with van der Waals surface area (Å²) in [6, 6.07) is 13.5. The van der Waals surface area contributed by atoms with Gasteiger partial charge in [-0.15, -0.1) is 0 Å². The maximum atomic E-state index is 12.4. The fraction of sp³-hybridized carbons (Fsp3) is 0.250. The molecule has 0 spiro atoms. The van der Waals surface area contributed by atoms with Gasteiger partial charge in [0.15, 0.2) is 0 Å². The Labute approximate surface area is 147 Å². The minimum atomic E-state index is -0.121. The number of fused-ring (bicyclic) bond motifs is 1. The number of aryl methyl sites for hydroxylation is 2. The van der Waals surface area contributed by atoms with Gasteiger partial charge < -0.3 is 19.8 Å². The van der Waals surface area contributed by atoms with E-state index in [1.807, 2.05) is 50.2 Å². The first-order valence-electron chi connectivity index (χ1n) is 8.22. The fourth-order valence-electron chi connectivity index (χ4n) is 2.76. The van der Waals surface area contributed by atoms with E-state index in [0.29, 0.717) is 18.8 Å². The van der Waals surface area contributed by atoms with Crippen LogP contribution in [-0.2, 0) is 0 Å². The number of hydrogen-bond acceptors (Lipinski definition) is 3. The average Bonchev–Trinajstić information content (AvgIpc) is 2.95. The normalized spacial score (nSPS) is 10.7. The molecule has 0 aliphatic carbocycles. The van der Waals surface area contributed by atoms with E-state index in [2.05, 4.69) is 16.4 Å². The van der Waals surface area contributed by atoms with Gasteiger partial charge in [0, 0.05) is 10.9 Å². The maximum Gasteiger partial charge on any atom is 0.268 e. The van der Waals surface area contributed by atoms with Gasteiger partial charge in [0.1, 0.15) is 23.8 Å². The summed E-state index contributed by atoms with van der Waals surface area (Å²) in [4.78, 5) is 15.6. The zero-order valence-corrected chi connectivity index (χ0v) is 14.7. The molecule has 5 heteroatoms. The summed E-state index contributed by atoms with van der Waals surface area (Å²) in [6.45, 7) is 4.83. The second kappa shape index (κ2) is 7.30. The number of methoxy groups -OCH3 is 1. The lowest BCUT2D eigenvalue weighted by Gasteiger charge is -2.08. The Balaban J connectivity index is 1.56. The SMILES string of the molecule is COc1ccc(OCCNC(=O)c2[nH]c3ccc(C)cc3c2C)cc1. The van der Waals surface area contributed by atoms with Crippen molar-refractivity contribution in [3.63, 3.8) is 0 Å². The molecule has 0 atom stereocenters. The van der Waals surface area contributed by atoms with Crippen LogP contribution in [0.2, 0.25) is 0 Å². The van der Waals surface area contributed by atoms with Crippen LogP contribution in [-0.4, -0.2) is 31.2 Å². The minimum Gasteiger partial charge on any atom is -0.497 e. The van der Waals surface area contributed by atoms with Gasteiger partial charge in [-0.3, -0.25) is 4.79 Å². The van der Waals surface area contributed by atoms with E-state index in [0.717, 1.165) is 28.0 Å². The highest BCUT2D eigenvalue weighted by Gasteiger charge is 2.14. The van der Waals surface area contributed by atoms with E-state index in [1.54, 1.807) is 7.11 Å². The Morgan fingerprint density at radius 3 is 2.52 bits per heavy atom. The number of H-pyrrole nitrogens is 1. The van der Waals surface area contributed by atoms with E-state index in [-0.39, 0.29) is 5.91 Å². The predicted octanol–water partition coefficient (Wildman–Crippen LogP) is 3.60. The third kappa shape index (κ3) is 3.76. The van der Waals surface area contributed by atoms with Crippen LogP contribution < -0.4 is 14.8 Å². The van der Waals surface area contributed by atoms with E-state index in [1.165, 1.54) is 5.56 Å². The quantitative estimate of drug-likeness (QED) is 0.675. The molecule has 3 rings (SSSR count). The van der Waals surface area contributed by atoms with Crippen LogP contribution in [0.15, 0.2) is 42.5 Å². The van der Waals surface area contributed by atoms with Crippen LogP contribution in [0.3, 0.4) is 0 Å². The lowest BCUT2D eigenvalue weighted by molar-refractivity contribution is 0.0942. The molecular weight excluding hydrogens is 316 g/mol. The zero-order chi connectivity index (χ0) is 17.8. The molecule has 2 N–H and O–H groups in total. The van der Waals surface area contributed by atoms with Crippen molar-refractivity contribution < 1.29 is 14.3 Å². The molecule has 0 fully saturated rings. The van der Waals surface area contributed by atoms with Crippen LogP contribution >= 0.6 is 0 Å². The molecule has 0 saturated carbocycles. The number of benzene rings is 2. The largest absolute Gasteiger partial charge is 0.497 e. The second-order valence-corrected chi connectivity index (χ2v) is 5.95. The number of aromatic nitrogens is 1. The topological polar surface area (TPSA) is 63.4 Å². The average molecular weight is 338 g/mol. The molecule has 5 nitrogen and oxygen atoms in total.